The summed E-state index contributed by atoms with van der Waals surface area (Å²) in [7, 11) is 0. The molecule has 0 aliphatic carbocycles. The number of benzene rings is 1. The molecule has 0 radical (unpaired) electrons. The fourth-order valence-corrected chi connectivity index (χ4v) is 2.48. The van der Waals surface area contributed by atoms with E-state index >= 15 is 0 Å². The van der Waals surface area contributed by atoms with Crippen molar-refractivity contribution in [1.29, 1.82) is 0 Å². The summed E-state index contributed by atoms with van der Waals surface area (Å²) in [5.74, 6) is -0.409. The van der Waals surface area contributed by atoms with Crippen molar-refractivity contribution in [2.24, 2.45) is 0 Å². The third kappa shape index (κ3) is 3.07. The number of hydrogen-bond acceptors (Lipinski definition) is 3. The van der Waals surface area contributed by atoms with Crippen LogP contribution in [-0.4, -0.2) is 18.6 Å². The van der Waals surface area contributed by atoms with Crippen molar-refractivity contribution in [2.45, 2.75) is 33.7 Å². The Balaban J connectivity index is 2.52. The molecule has 0 aromatic heterocycles. The number of esters is 1. The number of allylic oxidation sites excluding steroid dienone is 1. The molecular formula is C16H20N2O3. The zero-order valence-electron chi connectivity index (χ0n) is 12.7. The van der Waals surface area contributed by atoms with E-state index in [-0.39, 0.29) is 6.03 Å². The van der Waals surface area contributed by atoms with Gasteiger partial charge in [-0.05, 0) is 38.8 Å². The predicted molar refractivity (Wildman–Crippen MR) is 79.7 cm³/mol. The number of urea groups is 1. The van der Waals surface area contributed by atoms with E-state index in [0.29, 0.717) is 17.9 Å². The zero-order chi connectivity index (χ0) is 15.6. The summed E-state index contributed by atoms with van der Waals surface area (Å²) in [6.07, 6.45) is 0. The quantitative estimate of drug-likeness (QED) is 0.840. The van der Waals surface area contributed by atoms with Crippen LogP contribution in [0.25, 0.3) is 0 Å². The van der Waals surface area contributed by atoms with Gasteiger partial charge < -0.3 is 15.4 Å². The maximum absolute atomic E-state index is 12.2. The fraction of sp³-hybridized carbons (Fsp3) is 0.375. The van der Waals surface area contributed by atoms with Crippen LogP contribution in [0, 0.1) is 13.8 Å². The molecule has 5 nitrogen and oxygen atoms in total. The van der Waals surface area contributed by atoms with Gasteiger partial charge in [-0.2, -0.15) is 0 Å². The van der Waals surface area contributed by atoms with Crippen molar-refractivity contribution in [2.75, 3.05) is 6.61 Å². The summed E-state index contributed by atoms with van der Waals surface area (Å²) >= 11 is 0. The highest BCUT2D eigenvalue weighted by molar-refractivity contribution is 5.95. The summed E-state index contributed by atoms with van der Waals surface area (Å²) in [4.78, 5) is 24.0. The zero-order valence-corrected chi connectivity index (χ0v) is 12.7. The Hall–Kier alpha value is -2.30. The van der Waals surface area contributed by atoms with Gasteiger partial charge in [0.1, 0.15) is 0 Å². The molecule has 1 heterocycles. The van der Waals surface area contributed by atoms with Gasteiger partial charge in [-0.15, -0.1) is 0 Å². The molecule has 1 aromatic carbocycles. The maximum Gasteiger partial charge on any atom is 0.338 e. The van der Waals surface area contributed by atoms with E-state index in [4.69, 9.17) is 4.74 Å². The van der Waals surface area contributed by atoms with Crippen LogP contribution in [0.4, 0.5) is 4.79 Å². The molecule has 0 fully saturated rings. The minimum Gasteiger partial charge on any atom is -0.463 e. The van der Waals surface area contributed by atoms with Crippen LogP contribution in [0.2, 0.25) is 0 Å². The first-order valence-electron chi connectivity index (χ1n) is 6.96. The molecule has 112 valence electrons. The molecule has 0 unspecified atom stereocenters. The maximum atomic E-state index is 12.2. The lowest BCUT2D eigenvalue weighted by molar-refractivity contribution is -0.139. The Kier molecular flexibility index (Phi) is 4.31. The summed E-state index contributed by atoms with van der Waals surface area (Å²) in [5, 5.41) is 5.44. The van der Waals surface area contributed by atoms with E-state index < -0.39 is 12.0 Å². The SMILES string of the molecule is CCOC(=O)C1=C(C)NC(=O)N[C@@H]1c1cc(C)ccc1C. The Labute approximate surface area is 124 Å². The highest BCUT2D eigenvalue weighted by atomic mass is 16.5. The van der Waals surface area contributed by atoms with Gasteiger partial charge >= 0.3 is 12.0 Å². The van der Waals surface area contributed by atoms with Gasteiger partial charge in [0.05, 0.1) is 18.2 Å². The number of rotatable bonds is 3. The summed E-state index contributed by atoms with van der Waals surface area (Å²) < 4.78 is 5.12. The molecule has 2 rings (SSSR count). The molecule has 21 heavy (non-hydrogen) atoms. The first-order valence-corrected chi connectivity index (χ1v) is 6.96. The molecule has 1 aliphatic rings. The van der Waals surface area contributed by atoms with Crippen LogP contribution < -0.4 is 10.6 Å². The van der Waals surface area contributed by atoms with E-state index in [1.807, 2.05) is 32.0 Å². The van der Waals surface area contributed by atoms with Gasteiger partial charge in [-0.3, -0.25) is 0 Å². The number of ether oxygens (including phenoxy) is 1. The molecular weight excluding hydrogens is 268 g/mol. The molecule has 1 aliphatic heterocycles. The Bertz CT molecular complexity index is 620. The third-order valence-corrected chi connectivity index (χ3v) is 3.51. The van der Waals surface area contributed by atoms with Crippen molar-refractivity contribution in [3.8, 4) is 0 Å². The number of carbonyl (C=O) groups excluding carboxylic acids is 2. The second-order valence-electron chi connectivity index (χ2n) is 5.15. The second kappa shape index (κ2) is 5.99. The highest BCUT2D eigenvalue weighted by Crippen LogP contribution is 2.30. The Morgan fingerprint density at radius 1 is 1.29 bits per heavy atom. The van der Waals surface area contributed by atoms with Gasteiger partial charge in [0.15, 0.2) is 0 Å². The first kappa shape index (κ1) is 15.1. The van der Waals surface area contributed by atoms with E-state index in [2.05, 4.69) is 10.6 Å². The average molecular weight is 288 g/mol. The van der Waals surface area contributed by atoms with Crippen LogP contribution in [0.5, 0.6) is 0 Å². The normalized spacial score (nSPS) is 18.1. The smallest absolute Gasteiger partial charge is 0.338 e. The van der Waals surface area contributed by atoms with Crippen LogP contribution in [0.1, 0.15) is 36.6 Å². The molecule has 1 atom stereocenters. The number of aryl methyl sites for hydroxylation is 2. The lowest BCUT2D eigenvalue weighted by Crippen LogP contribution is -2.45. The molecule has 2 amide bonds. The van der Waals surface area contributed by atoms with Gasteiger partial charge in [0, 0.05) is 5.70 Å². The van der Waals surface area contributed by atoms with E-state index in [1.165, 1.54) is 0 Å². The lowest BCUT2D eigenvalue weighted by Gasteiger charge is -2.29. The summed E-state index contributed by atoms with van der Waals surface area (Å²) in [5.41, 5.74) is 3.98. The standard InChI is InChI=1S/C16H20N2O3/c1-5-21-15(19)13-11(4)17-16(20)18-14(13)12-8-9(2)6-7-10(12)3/h6-8,14H,5H2,1-4H3,(H2,17,18,20)/t14-/m1/s1. The van der Waals surface area contributed by atoms with Crippen molar-refractivity contribution in [3.63, 3.8) is 0 Å². The topological polar surface area (TPSA) is 67.4 Å². The number of amides is 2. The molecule has 0 spiro atoms. The van der Waals surface area contributed by atoms with E-state index in [1.54, 1.807) is 13.8 Å². The first-order chi connectivity index (χ1) is 9.93. The Morgan fingerprint density at radius 3 is 2.67 bits per heavy atom. The third-order valence-electron chi connectivity index (χ3n) is 3.51. The van der Waals surface area contributed by atoms with E-state index in [9.17, 15) is 9.59 Å². The summed E-state index contributed by atoms with van der Waals surface area (Å²) in [6.45, 7) is 7.70. The van der Waals surface area contributed by atoms with Crippen LogP contribution in [0.3, 0.4) is 0 Å². The van der Waals surface area contributed by atoms with Gasteiger partial charge in [-0.25, -0.2) is 9.59 Å². The van der Waals surface area contributed by atoms with Gasteiger partial charge in [-0.1, -0.05) is 23.8 Å². The van der Waals surface area contributed by atoms with Crippen LogP contribution >= 0.6 is 0 Å². The van der Waals surface area contributed by atoms with E-state index in [0.717, 1.165) is 16.7 Å². The number of hydrogen-bond donors (Lipinski definition) is 2. The van der Waals surface area contributed by atoms with Crippen molar-refractivity contribution < 1.29 is 14.3 Å². The van der Waals surface area contributed by atoms with Crippen LogP contribution in [0.15, 0.2) is 29.5 Å². The molecule has 0 saturated heterocycles. The molecule has 0 saturated carbocycles. The largest absolute Gasteiger partial charge is 0.463 e. The lowest BCUT2D eigenvalue weighted by atomic mass is 9.91. The van der Waals surface area contributed by atoms with Crippen LogP contribution in [-0.2, 0) is 9.53 Å². The monoisotopic (exact) mass is 288 g/mol. The van der Waals surface area contributed by atoms with Gasteiger partial charge in [0.25, 0.3) is 0 Å². The fourth-order valence-electron chi connectivity index (χ4n) is 2.48. The van der Waals surface area contributed by atoms with Crippen molar-refractivity contribution in [1.82, 2.24) is 10.6 Å². The number of carbonyl (C=O) groups is 2. The molecule has 0 bridgehead atoms. The van der Waals surface area contributed by atoms with Crippen molar-refractivity contribution >= 4 is 12.0 Å². The van der Waals surface area contributed by atoms with Gasteiger partial charge in [0.2, 0.25) is 0 Å². The summed E-state index contributed by atoms with van der Waals surface area (Å²) in [6, 6.07) is 5.17. The average Bonchev–Trinajstić information content (AvgIpc) is 2.40. The molecule has 2 N–H and O–H groups in total. The molecule has 1 aromatic rings. The minimum absolute atomic E-state index is 0.295. The number of nitrogens with one attached hydrogen (secondary N) is 2. The van der Waals surface area contributed by atoms with Crippen molar-refractivity contribution in [3.05, 3.63) is 46.2 Å². The molecule has 5 heteroatoms. The second-order valence-corrected chi connectivity index (χ2v) is 5.15. The highest BCUT2D eigenvalue weighted by Gasteiger charge is 2.32. The predicted octanol–water partition coefficient (Wildman–Crippen LogP) is 2.49. The minimum atomic E-state index is -0.488. The Morgan fingerprint density at radius 2 is 2.00 bits per heavy atom.